The van der Waals surface area contributed by atoms with Gasteiger partial charge in [0.15, 0.2) is 9.84 Å². The zero-order valence-corrected chi connectivity index (χ0v) is 20.4. The predicted molar refractivity (Wildman–Crippen MR) is 130 cm³/mol. The van der Waals surface area contributed by atoms with Crippen molar-refractivity contribution in [2.24, 2.45) is 0 Å². The number of aromatic nitrogens is 2. The maximum Gasteiger partial charge on any atom is 0.217 e. The lowest BCUT2D eigenvalue weighted by Crippen LogP contribution is -2.19. The number of hydrogen-bond acceptors (Lipinski definition) is 6. The van der Waals surface area contributed by atoms with Crippen molar-refractivity contribution < 1.29 is 17.9 Å². The Labute approximate surface area is 200 Å². The highest BCUT2D eigenvalue weighted by Crippen LogP contribution is 2.33. The first-order valence-electron chi connectivity index (χ1n) is 10.1. The van der Waals surface area contributed by atoms with Crippen LogP contribution >= 0.6 is 22.9 Å². The third-order valence-corrected chi connectivity index (χ3v) is 8.52. The van der Waals surface area contributed by atoms with Crippen molar-refractivity contribution in [2.45, 2.75) is 30.0 Å². The van der Waals surface area contributed by atoms with Gasteiger partial charge in [-0.05, 0) is 35.4 Å². The van der Waals surface area contributed by atoms with Crippen LogP contribution in [0.3, 0.4) is 0 Å². The number of fused-ring (bicyclic) bond motifs is 1. The zero-order chi connectivity index (χ0) is 23.6. The molecule has 0 spiro atoms. The van der Waals surface area contributed by atoms with Crippen LogP contribution in [0, 0.1) is 0 Å². The van der Waals surface area contributed by atoms with E-state index in [4.69, 9.17) is 16.3 Å². The Bertz CT molecular complexity index is 1430. The summed E-state index contributed by atoms with van der Waals surface area (Å²) in [7, 11) is -2.08. The van der Waals surface area contributed by atoms with Crippen LogP contribution in [0.5, 0.6) is 5.75 Å². The maximum atomic E-state index is 13.0. The van der Waals surface area contributed by atoms with Crippen molar-refractivity contribution in [2.75, 3.05) is 7.11 Å². The Hall–Kier alpha value is -2.88. The third-order valence-electron chi connectivity index (χ3n) is 5.08. The van der Waals surface area contributed by atoms with Crippen LogP contribution in [0.2, 0.25) is 4.34 Å². The highest BCUT2D eigenvalue weighted by atomic mass is 35.5. The molecular weight excluding hydrogens is 482 g/mol. The highest BCUT2D eigenvalue weighted by Gasteiger charge is 2.24. The summed E-state index contributed by atoms with van der Waals surface area (Å²) >= 11 is 6.98. The number of amides is 1. The van der Waals surface area contributed by atoms with Gasteiger partial charge < -0.3 is 10.1 Å². The summed E-state index contributed by atoms with van der Waals surface area (Å²) < 4.78 is 34.0. The van der Waals surface area contributed by atoms with Gasteiger partial charge in [-0.1, -0.05) is 41.9 Å². The standard InChI is InChI=1S/C23H22ClN3O4S2/c1-15(28)25-12-16-5-3-6-17(11-16)13-27-19-7-4-8-20(31-2)23(19)18(26-27)14-33(29,30)22-10-9-21(24)32-22/h3-11H,12-14H2,1-2H3,(H,25,28). The van der Waals surface area contributed by atoms with Gasteiger partial charge in [0.1, 0.15) is 15.7 Å². The van der Waals surface area contributed by atoms with E-state index >= 15 is 0 Å². The van der Waals surface area contributed by atoms with Gasteiger partial charge in [0.2, 0.25) is 5.91 Å². The number of sulfone groups is 1. The number of nitrogens with one attached hydrogen (secondary N) is 1. The van der Waals surface area contributed by atoms with E-state index in [2.05, 4.69) is 10.4 Å². The molecule has 2 aromatic heterocycles. The van der Waals surface area contributed by atoms with E-state index in [1.54, 1.807) is 23.9 Å². The number of carbonyl (C=O) groups is 1. The van der Waals surface area contributed by atoms with Gasteiger partial charge in [-0.15, -0.1) is 11.3 Å². The molecule has 172 valence electrons. The number of methoxy groups -OCH3 is 1. The Morgan fingerprint density at radius 1 is 1.15 bits per heavy atom. The van der Waals surface area contributed by atoms with Crippen LogP contribution in [0.25, 0.3) is 10.9 Å². The Balaban J connectivity index is 1.72. The lowest BCUT2D eigenvalue weighted by molar-refractivity contribution is -0.119. The van der Waals surface area contributed by atoms with Gasteiger partial charge in [0.05, 0.1) is 34.6 Å². The summed E-state index contributed by atoms with van der Waals surface area (Å²) in [5.74, 6) is 0.201. The van der Waals surface area contributed by atoms with Crippen molar-refractivity contribution in [3.63, 3.8) is 0 Å². The van der Waals surface area contributed by atoms with Crippen molar-refractivity contribution >= 4 is 49.6 Å². The van der Waals surface area contributed by atoms with E-state index in [1.807, 2.05) is 36.4 Å². The monoisotopic (exact) mass is 503 g/mol. The molecule has 0 saturated heterocycles. The number of benzene rings is 2. The molecule has 0 bridgehead atoms. The van der Waals surface area contributed by atoms with E-state index in [0.29, 0.717) is 34.3 Å². The first kappa shape index (κ1) is 23.3. The van der Waals surface area contributed by atoms with Crippen molar-refractivity contribution in [1.82, 2.24) is 15.1 Å². The average molecular weight is 504 g/mol. The molecule has 1 amide bonds. The number of ether oxygens (including phenoxy) is 1. The molecule has 0 radical (unpaired) electrons. The topological polar surface area (TPSA) is 90.3 Å². The summed E-state index contributed by atoms with van der Waals surface area (Å²) in [5.41, 5.74) is 3.14. The summed E-state index contributed by atoms with van der Waals surface area (Å²) in [6.07, 6.45) is 0. The minimum Gasteiger partial charge on any atom is -0.496 e. The van der Waals surface area contributed by atoms with Crippen LogP contribution < -0.4 is 10.1 Å². The predicted octanol–water partition coefficient (Wildman–Crippen LogP) is 4.42. The van der Waals surface area contributed by atoms with E-state index in [1.165, 1.54) is 13.0 Å². The fourth-order valence-corrected chi connectivity index (χ4v) is 6.47. The third kappa shape index (κ3) is 5.21. The van der Waals surface area contributed by atoms with Crippen LogP contribution in [0.15, 0.2) is 58.8 Å². The molecule has 10 heteroatoms. The quantitative estimate of drug-likeness (QED) is 0.384. The van der Waals surface area contributed by atoms with E-state index < -0.39 is 9.84 Å². The molecule has 2 heterocycles. The first-order chi connectivity index (χ1) is 15.8. The fourth-order valence-electron chi connectivity index (χ4n) is 3.62. The van der Waals surface area contributed by atoms with E-state index in [0.717, 1.165) is 28.0 Å². The molecule has 1 N–H and O–H groups in total. The summed E-state index contributed by atoms with van der Waals surface area (Å²) in [4.78, 5) is 11.2. The Morgan fingerprint density at radius 2 is 1.91 bits per heavy atom. The average Bonchev–Trinajstić information content (AvgIpc) is 3.37. The Morgan fingerprint density at radius 3 is 2.61 bits per heavy atom. The Kier molecular flexibility index (Phi) is 6.73. The second kappa shape index (κ2) is 9.54. The lowest BCUT2D eigenvalue weighted by Gasteiger charge is -2.08. The summed E-state index contributed by atoms with van der Waals surface area (Å²) in [6, 6.07) is 16.4. The summed E-state index contributed by atoms with van der Waals surface area (Å²) in [6.45, 7) is 2.35. The molecule has 4 rings (SSSR count). The van der Waals surface area contributed by atoms with Gasteiger partial charge in [-0.3, -0.25) is 9.48 Å². The molecule has 0 unspecified atom stereocenters. The van der Waals surface area contributed by atoms with Crippen molar-refractivity contribution in [3.8, 4) is 5.75 Å². The highest BCUT2D eigenvalue weighted by molar-refractivity contribution is 7.92. The number of nitrogens with zero attached hydrogens (tertiary/aromatic N) is 2. The van der Waals surface area contributed by atoms with Gasteiger partial charge in [0.25, 0.3) is 0 Å². The van der Waals surface area contributed by atoms with Crippen molar-refractivity contribution in [1.29, 1.82) is 0 Å². The lowest BCUT2D eigenvalue weighted by atomic mass is 10.1. The second-order valence-corrected chi connectivity index (χ2v) is 11.4. The van der Waals surface area contributed by atoms with E-state index in [-0.39, 0.29) is 15.9 Å². The van der Waals surface area contributed by atoms with Crippen LogP contribution in [-0.2, 0) is 33.5 Å². The largest absolute Gasteiger partial charge is 0.496 e. The van der Waals surface area contributed by atoms with E-state index in [9.17, 15) is 13.2 Å². The molecule has 2 aromatic carbocycles. The fraction of sp³-hybridized carbons (Fsp3) is 0.217. The zero-order valence-electron chi connectivity index (χ0n) is 18.0. The minimum absolute atomic E-state index is 0.0940. The van der Waals surface area contributed by atoms with Gasteiger partial charge in [0, 0.05) is 13.5 Å². The minimum atomic E-state index is -3.63. The smallest absolute Gasteiger partial charge is 0.217 e. The number of rotatable bonds is 8. The molecule has 0 aliphatic rings. The molecule has 33 heavy (non-hydrogen) atoms. The molecule has 0 saturated carbocycles. The van der Waals surface area contributed by atoms with Crippen molar-refractivity contribution in [3.05, 3.63) is 75.8 Å². The second-order valence-electron chi connectivity index (χ2n) is 7.51. The molecular formula is C23H22ClN3O4S2. The summed E-state index contributed by atoms with van der Waals surface area (Å²) in [5, 5.41) is 8.13. The van der Waals surface area contributed by atoms with Gasteiger partial charge in [-0.2, -0.15) is 5.10 Å². The first-order valence-corrected chi connectivity index (χ1v) is 12.9. The van der Waals surface area contributed by atoms with Crippen LogP contribution in [-0.4, -0.2) is 31.2 Å². The number of hydrogen-bond donors (Lipinski definition) is 1. The normalized spacial score (nSPS) is 11.6. The number of carbonyl (C=O) groups excluding carboxylic acids is 1. The molecule has 0 atom stereocenters. The number of thiophene rings is 1. The molecule has 7 nitrogen and oxygen atoms in total. The molecule has 0 aliphatic carbocycles. The molecule has 0 fully saturated rings. The van der Waals surface area contributed by atoms with Crippen LogP contribution in [0.1, 0.15) is 23.7 Å². The van der Waals surface area contributed by atoms with Crippen LogP contribution in [0.4, 0.5) is 0 Å². The van der Waals surface area contributed by atoms with Gasteiger partial charge in [-0.25, -0.2) is 8.42 Å². The maximum absolute atomic E-state index is 13.0. The number of halogens is 1. The molecule has 0 aliphatic heterocycles. The SMILES string of the molecule is COc1cccc2c1c(CS(=O)(=O)c1ccc(Cl)s1)nn2Cc1cccc(CNC(C)=O)c1. The van der Waals surface area contributed by atoms with Gasteiger partial charge >= 0.3 is 0 Å². The molecule has 4 aromatic rings.